The maximum Gasteiger partial charge on any atom is 0.283 e. The predicted octanol–water partition coefficient (Wildman–Crippen LogP) is 0.817. The summed E-state index contributed by atoms with van der Waals surface area (Å²) in [5, 5.41) is 25.6. The number of rotatable bonds is 6. The summed E-state index contributed by atoms with van der Waals surface area (Å²) < 4.78 is 1.77. The third kappa shape index (κ3) is 4.59. The van der Waals surface area contributed by atoms with Gasteiger partial charge in [-0.05, 0) is 28.8 Å². The third-order valence-electron chi connectivity index (χ3n) is 2.52. The molecule has 1 aromatic heterocycles. The zero-order valence-electron chi connectivity index (χ0n) is 11.4. The number of anilines is 1. The Kier molecular flexibility index (Phi) is 5.51. The topological polar surface area (TPSA) is 87.4 Å². The molecule has 0 saturated carbocycles. The first-order valence-corrected chi connectivity index (χ1v) is 6.89. The molecule has 7 heteroatoms. The molecule has 0 aliphatic carbocycles. The lowest BCUT2D eigenvalue weighted by molar-refractivity contribution is 0.0132. The minimum Gasteiger partial charge on any atom is -0.393 e. The molecule has 0 aliphatic rings. The molecular formula is C12H20BrN3O3. The van der Waals surface area contributed by atoms with Crippen LogP contribution in [-0.2, 0) is 6.54 Å². The minimum absolute atomic E-state index is 0.122. The lowest BCUT2D eigenvalue weighted by atomic mass is 10.1. The molecule has 0 bridgehead atoms. The molecular weight excluding hydrogens is 314 g/mol. The van der Waals surface area contributed by atoms with Crippen LogP contribution in [0.1, 0.15) is 20.8 Å². The van der Waals surface area contributed by atoms with E-state index in [0.717, 1.165) is 0 Å². The fraction of sp³-hybridized carbons (Fsp3) is 0.667. The predicted molar refractivity (Wildman–Crippen MR) is 77.2 cm³/mol. The zero-order chi connectivity index (χ0) is 14.6. The molecule has 0 spiro atoms. The van der Waals surface area contributed by atoms with Crippen LogP contribution >= 0.6 is 15.9 Å². The van der Waals surface area contributed by atoms with Crippen molar-refractivity contribution in [3.63, 3.8) is 0 Å². The van der Waals surface area contributed by atoms with E-state index in [1.807, 2.05) is 13.8 Å². The average Bonchev–Trinajstić information content (AvgIpc) is 2.34. The summed E-state index contributed by atoms with van der Waals surface area (Å²) in [6.45, 7) is 5.82. The van der Waals surface area contributed by atoms with Gasteiger partial charge in [-0.1, -0.05) is 13.8 Å². The second-order valence-corrected chi connectivity index (χ2v) is 6.05. The molecule has 19 heavy (non-hydrogen) atoms. The van der Waals surface area contributed by atoms with E-state index in [1.54, 1.807) is 0 Å². The molecule has 1 heterocycles. The molecule has 1 aromatic rings. The highest BCUT2D eigenvalue weighted by Gasteiger charge is 2.19. The summed E-state index contributed by atoms with van der Waals surface area (Å²) in [6, 6.07) is 0. The van der Waals surface area contributed by atoms with Gasteiger partial charge in [-0.2, -0.15) is 5.10 Å². The molecule has 0 aliphatic heterocycles. The van der Waals surface area contributed by atoms with Crippen LogP contribution in [0.15, 0.2) is 15.5 Å². The smallest absolute Gasteiger partial charge is 0.283 e. The van der Waals surface area contributed by atoms with E-state index in [-0.39, 0.29) is 18.7 Å². The van der Waals surface area contributed by atoms with Gasteiger partial charge in [-0.15, -0.1) is 0 Å². The molecule has 0 fully saturated rings. The van der Waals surface area contributed by atoms with Gasteiger partial charge in [0.2, 0.25) is 0 Å². The van der Waals surface area contributed by atoms with Crippen LogP contribution in [0.4, 0.5) is 5.69 Å². The third-order valence-corrected chi connectivity index (χ3v) is 3.29. The van der Waals surface area contributed by atoms with Crippen molar-refractivity contribution in [3.8, 4) is 0 Å². The molecule has 0 radical (unpaired) electrons. The van der Waals surface area contributed by atoms with Gasteiger partial charge in [0.25, 0.3) is 5.56 Å². The number of hydrogen-bond acceptors (Lipinski definition) is 5. The van der Waals surface area contributed by atoms with Gasteiger partial charge >= 0.3 is 0 Å². The molecule has 6 nitrogen and oxygen atoms in total. The standard InChI is InChI=1S/C12H20BrN3O3/c1-8(2)5-16-11(18)10(13)9(4-15-16)14-6-12(3,19)7-17/h4,8,14,17,19H,5-7H2,1-3H3. The largest absolute Gasteiger partial charge is 0.393 e. The number of aliphatic hydroxyl groups is 2. The summed E-state index contributed by atoms with van der Waals surface area (Å²) >= 11 is 3.23. The van der Waals surface area contributed by atoms with Crippen molar-refractivity contribution in [1.82, 2.24) is 9.78 Å². The summed E-state index contributed by atoms with van der Waals surface area (Å²) in [5.74, 6) is 0.325. The highest BCUT2D eigenvalue weighted by Crippen LogP contribution is 2.17. The van der Waals surface area contributed by atoms with Crippen LogP contribution in [0.25, 0.3) is 0 Å². The van der Waals surface area contributed by atoms with Crippen molar-refractivity contribution < 1.29 is 10.2 Å². The zero-order valence-corrected chi connectivity index (χ0v) is 12.9. The Morgan fingerprint density at radius 2 is 2.21 bits per heavy atom. The Labute approximate surface area is 120 Å². The van der Waals surface area contributed by atoms with Gasteiger partial charge in [0.1, 0.15) is 10.1 Å². The van der Waals surface area contributed by atoms with Crippen LogP contribution < -0.4 is 10.9 Å². The average molecular weight is 334 g/mol. The van der Waals surface area contributed by atoms with E-state index in [0.29, 0.717) is 22.6 Å². The van der Waals surface area contributed by atoms with E-state index in [2.05, 4.69) is 26.3 Å². The monoisotopic (exact) mass is 333 g/mol. The first kappa shape index (κ1) is 16.1. The number of halogens is 1. The summed E-state index contributed by atoms with van der Waals surface area (Å²) in [7, 11) is 0. The van der Waals surface area contributed by atoms with E-state index in [1.165, 1.54) is 17.8 Å². The van der Waals surface area contributed by atoms with Gasteiger partial charge in [-0.25, -0.2) is 4.68 Å². The van der Waals surface area contributed by atoms with Crippen LogP contribution in [0, 0.1) is 5.92 Å². The van der Waals surface area contributed by atoms with E-state index in [4.69, 9.17) is 5.11 Å². The van der Waals surface area contributed by atoms with Crippen molar-refractivity contribution in [3.05, 3.63) is 21.0 Å². The molecule has 1 rings (SSSR count). The van der Waals surface area contributed by atoms with Gasteiger partial charge < -0.3 is 15.5 Å². The van der Waals surface area contributed by atoms with Gasteiger partial charge in [0.05, 0.1) is 18.5 Å². The molecule has 108 valence electrons. The Hall–Kier alpha value is -0.920. The van der Waals surface area contributed by atoms with Crippen molar-refractivity contribution in [2.24, 2.45) is 5.92 Å². The summed E-state index contributed by atoms with van der Waals surface area (Å²) in [5.41, 5.74) is -0.965. The van der Waals surface area contributed by atoms with Crippen molar-refractivity contribution in [2.45, 2.75) is 32.9 Å². The molecule has 1 unspecified atom stereocenters. The van der Waals surface area contributed by atoms with Crippen molar-refractivity contribution in [2.75, 3.05) is 18.5 Å². The van der Waals surface area contributed by atoms with Gasteiger partial charge in [-0.3, -0.25) is 4.79 Å². The number of aromatic nitrogens is 2. The molecule has 0 aromatic carbocycles. The SMILES string of the molecule is CC(C)Cn1ncc(NCC(C)(O)CO)c(Br)c1=O. The summed E-state index contributed by atoms with van der Waals surface area (Å²) in [4.78, 5) is 12.0. The molecule has 0 saturated heterocycles. The Morgan fingerprint density at radius 3 is 2.74 bits per heavy atom. The first-order chi connectivity index (χ1) is 8.76. The fourth-order valence-corrected chi connectivity index (χ4v) is 1.85. The molecule has 0 amide bonds. The number of nitrogens with zero attached hydrogens (tertiary/aromatic N) is 2. The molecule has 1 atom stereocenters. The first-order valence-electron chi connectivity index (χ1n) is 6.09. The normalized spacial score (nSPS) is 14.5. The number of nitrogens with one attached hydrogen (secondary N) is 1. The number of hydrogen-bond donors (Lipinski definition) is 3. The Morgan fingerprint density at radius 1 is 1.58 bits per heavy atom. The van der Waals surface area contributed by atoms with E-state index < -0.39 is 5.60 Å². The van der Waals surface area contributed by atoms with Crippen LogP contribution in [0.5, 0.6) is 0 Å². The number of aliphatic hydroxyl groups excluding tert-OH is 1. The lowest BCUT2D eigenvalue weighted by Crippen LogP contribution is -2.37. The maximum absolute atomic E-state index is 12.0. The van der Waals surface area contributed by atoms with Crippen LogP contribution in [0.2, 0.25) is 0 Å². The van der Waals surface area contributed by atoms with E-state index >= 15 is 0 Å². The fourth-order valence-electron chi connectivity index (χ4n) is 1.41. The Bertz CT molecular complexity index is 486. The highest BCUT2D eigenvalue weighted by molar-refractivity contribution is 9.10. The molecule has 3 N–H and O–H groups in total. The second kappa shape index (κ2) is 6.49. The quantitative estimate of drug-likeness (QED) is 0.717. The van der Waals surface area contributed by atoms with Crippen LogP contribution in [0.3, 0.4) is 0 Å². The minimum atomic E-state index is -1.24. The Balaban J connectivity index is 2.88. The maximum atomic E-state index is 12.0. The highest BCUT2D eigenvalue weighted by atomic mass is 79.9. The van der Waals surface area contributed by atoms with E-state index in [9.17, 15) is 9.90 Å². The van der Waals surface area contributed by atoms with Crippen molar-refractivity contribution >= 4 is 21.6 Å². The van der Waals surface area contributed by atoms with Gasteiger partial charge in [0, 0.05) is 13.1 Å². The van der Waals surface area contributed by atoms with Gasteiger partial charge in [0.15, 0.2) is 0 Å². The van der Waals surface area contributed by atoms with Crippen LogP contribution in [-0.4, -0.2) is 38.7 Å². The van der Waals surface area contributed by atoms with Crippen molar-refractivity contribution in [1.29, 1.82) is 0 Å². The second-order valence-electron chi connectivity index (χ2n) is 5.26. The lowest BCUT2D eigenvalue weighted by Gasteiger charge is -2.21. The summed E-state index contributed by atoms with van der Waals surface area (Å²) in [6.07, 6.45) is 1.53.